The van der Waals surface area contributed by atoms with E-state index in [1.165, 1.54) is 24.0 Å². The highest BCUT2D eigenvalue weighted by Gasteiger charge is 2.16. The van der Waals surface area contributed by atoms with Crippen molar-refractivity contribution in [2.24, 2.45) is 0 Å². The number of hydrogen-bond donors (Lipinski definition) is 2. The molecule has 1 fully saturated rings. The van der Waals surface area contributed by atoms with Crippen LogP contribution in [0, 0.1) is 0 Å². The lowest BCUT2D eigenvalue weighted by atomic mass is 10.0. The van der Waals surface area contributed by atoms with Gasteiger partial charge in [0.25, 0.3) is 0 Å². The van der Waals surface area contributed by atoms with Gasteiger partial charge in [-0.05, 0) is 37.4 Å². The highest BCUT2D eigenvalue weighted by atomic mass is 32.1. The summed E-state index contributed by atoms with van der Waals surface area (Å²) in [6.45, 7) is 3.27. The minimum atomic E-state index is 0.330. The van der Waals surface area contributed by atoms with E-state index in [9.17, 15) is 0 Å². The zero-order chi connectivity index (χ0) is 9.97. The summed E-state index contributed by atoms with van der Waals surface area (Å²) in [4.78, 5) is 0. The highest BCUT2D eigenvalue weighted by molar-refractivity contribution is 7.80. The van der Waals surface area contributed by atoms with Crippen LogP contribution in [0.25, 0.3) is 0 Å². The molecule has 0 spiro atoms. The van der Waals surface area contributed by atoms with E-state index in [-0.39, 0.29) is 0 Å². The number of thiol groups is 1. The summed E-state index contributed by atoms with van der Waals surface area (Å²) in [6.07, 6.45) is 2.57. The second-order valence-corrected chi connectivity index (χ2v) is 4.77. The smallest absolute Gasteiger partial charge is 0.0320 e. The third-order valence-electron chi connectivity index (χ3n) is 2.86. The lowest BCUT2D eigenvalue weighted by Gasteiger charge is -2.13. The Balaban J connectivity index is 2.21. The van der Waals surface area contributed by atoms with Crippen LogP contribution in [0.15, 0.2) is 24.3 Å². The Kier molecular flexibility index (Phi) is 3.14. The molecule has 1 aromatic rings. The molecule has 1 aliphatic rings. The van der Waals surface area contributed by atoms with Crippen molar-refractivity contribution in [1.29, 1.82) is 0 Å². The first kappa shape index (κ1) is 10.1. The van der Waals surface area contributed by atoms with Crippen LogP contribution in [0.4, 0.5) is 0 Å². The molecule has 1 heterocycles. The summed E-state index contributed by atoms with van der Waals surface area (Å²) in [7, 11) is 0. The van der Waals surface area contributed by atoms with E-state index >= 15 is 0 Å². The fraction of sp³-hybridized carbons (Fsp3) is 0.500. The van der Waals surface area contributed by atoms with Gasteiger partial charge in [-0.2, -0.15) is 12.6 Å². The van der Waals surface area contributed by atoms with E-state index in [0.29, 0.717) is 11.3 Å². The maximum atomic E-state index is 4.46. The predicted octanol–water partition coefficient (Wildman–Crippen LogP) is 3.10. The van der Waals surface area contributed by atoms with Gasteiger partial charge in [0.2, 0.25) is 0 Å². The first-order valence-corrected chi connectivity index (χ1v) is 5.80. The Hall–Kier alpha value is -0.470. The molecule has 2 unspecified atom stereocenters. The molecule has 0 saturated carbocycles. The first-order valence-electron chi connectivity index (χ1n) is 5.28. The van der Waals surface area contributed by atoms with Gasteiger partial charge in [-0.3, -0.25) is 0 Å². The van der Waals surface area contributed by atoms with Crippen molar-refractivity contribution in [3.63, 3.8) is 0 Å². The van der Waals surface area contributed by atoms with Gasteiger partial charge in [0.1, 0.15) is 0 Å². The molecule has 1 aromatic carbocycles. The summed E-state index contributed by atoms with van der Waals surface area (Å²) >= 11 is 4.46. The standard InChI is InChI=1S/C12H17NS/c1-9(14)10-4-2-5-11(8-10)12-6-3-7-13-12/h2,4-5,8-9,12-14H,3,6-7H2,1H3. The third kappa shape index (κ3) is 2.12. The van der Waals surface area contributed by atoms with Crippen molar-refractivity contribution >= 4 is 12.6 Å². The van der Waals surface area contributed by atoms with Gasteiger partial charge in [0, 0.05) is 11.3 Å². The topological polar surface area (TPSA) is 12.0 Å². The molecule has 2 rings (SSSR count). The summed E-state index contributed by atoms with van der Waals surface area (Å²) in [5.41, 5.74) is 2.74. The van der Waals surface area contributed by atoms with Crippen molar-refractivity contribution in [2.75, 3.05) is 6.54 Å². The van der Waals surface area contributed by atoms with Crippen LogP contribution < -0.4 is 5.32 Å². The monoisotopic (exact) mass is 207 g/mol. The number of nitrogens with one attached hydrogen (secondary N) is 1. The summed E-state index contributed by atoms with van der Waals surface area (Å²) < 4.78 is 0. The minimum Gasteiger partial charge on any atom is -0.310 e. The van der Waals surface area contributed by atoms with Crippen LogP contribution >= 0.6 is 12.6 Å². The van der Waals surface area contributed by atoms with Crippen LogP contribution in [-0.4, -0.2) is 6.54 Å². The molecule has 2 atom stereocenters. The Labute approximate surface area is 91.3 Å². The molecule has 0 aliphatic carbocycles. The Bertz CT molecular complexity index is 303. The average Bonchev–Trinajstić information content (AvgIpc) is 2.71. The van der Waals surface area contributed by atoms with Gasteiger partial charge in [-0.25, -0.2) is 0 Å². The van der Waals surface area contributed by atoms with Gasteiger partial charge in [0.15, 0.2) is 0 Å². The lowest BCUT2D eigenvalue weighted by Crippen LogP contribution is -2.12. The fourth-order valence-electron chi connectivity index (χ4n) is 2.00. The Morgan fingerprint density at radius 2 is 2.36 bits per heavy atom. The van der Waals surface area contributed by atoms with E-state index in [4.69, 9.17) is 0 Å². The van der Waals surface area contributed by atoms with Gasteiger partial charge in [-0.15, -0.1) is 0 Å². The maximum Gasteiger partial charge on any atom is 0.0320 e. The molecule has 0 aromatic heterocycles. The predicted molar refractivity (Wildman–Crippen MR) is 63.8 cm³/mol. The van der Waals surface area contributed by atoms with Crippen molar-refractivity contribution in [3.05, 3.63) is 35.4 Å². The molecule has 0 radical (unpaired) electrons. The highest BCUT2D eigenvalue weighted by Crippen LogP contribution is 2.26. The summed E-state index contributed by atoms with van der Waals surface area (Å²) in [6, 6.07) is 9.35. The van der Waals surface area contributed by atoms with Gasteiger partial charge < -0.3 is 5.32 Å². The van der Waals surface area contributed by atoms with E-state index in [1.807, 2.05) is 0 Å². The fourth-order valence-corrected chi connectivity index (χ4v) is 2.17. The molecule has 14 heavy (non-hydrogen) atoms. The van der Waals surface area contributed by atoms with E-state index < -0.39 is 0 Å². The van der Waals surface area contributed by atoms with E-state index in [2.05, 4.69) is 49.1 Å². The Morgan fingerprint density at radius 1 is 1.50 bits per heavy atom. The van der Waals surface area contributed by atoms with Gasteiger partial charge in [0.05, 0.1) is 0 Å². The molecule has 1 saturated heterocycles. The zero-order valence-electron chi connectivity index (χ0n) is 8.53. The molecule has 0 bridgehead atoms. The largest absolute Gasteiger partial charge is 0.310 e. The van der Waals surface area contributed by atoms with Crippen molar-refractivity contribution in [3.8, 4) is 0 Å². The third-order valence-corrected chi connectivity index (χ3v) is 3.15. The minimum absolute atomic E-state index is 0.330. The summed E-state index contributed by atoms with van der Waals surface area (Å²) in [5, 5.41) is 3.84. The van der Waals surface area contributed by atoms with Crippen LogP contribution in [0.5, 0.6) is 0 Å². The maximum absolute atomic E-state index is 4.46. The molecular weight excluding hydrogens is 190 g/mol. The Morgan fingerprint density at radius 3 is 3.00 bits per heavy atom. The van der Waals surface area contributed by atoms with E-state index in [1.54, 1.807) is 0 Å². The molecular formula is C12H17NS. The quantitative estimate of drug-likeness (QED) is 0.710. The first-order chi connectivity index (χ1) is 6.77. The van der Waals surface area contributed by atoms with Gasteiger partial charge >= 0.3 is 0 Å². The molecule has 1 aliphatic heterocycles. The number of benzene rings is 1. The normalized spacial score (nSPS) is 23.7. The van der Waals surface area contributed by atoms with Crippen LogP contribution in [0.2, 0.25) is 0 Å². The molecule has 76 valence electrons. The average molecular weight is 207 g/mol. The molecule has 0 amide bonds. The van der Waals surface area contributed by atoms with Gasteiger partial charge in [-0.1, -0.05) is 24.3 Å². The van der Waals surface area contributed by atoms with Crippen LogP contribution in [0.1, 0.15) is 42.2 Å². The number of rotatable bonds is 2. The van der Waals surface area contributed by atoms with E-state index in [0.717, 1.165) is 6.54 Å². The second-order valence-electron chi connectivity index (χ2n) is 4.00. The lowest BCUT2D eigenvalue weighted by molar-refractivity contribution is 0.647. The van der Waals surface area contributed by atoms with Crippen molar-refractivity contribution < 1.29 is 0 Å². The molecule has 1 nitrogen and oxygen atoms in total. The second kappa shape index (κ2) is 4.37. The van der Waals surface area contributed by atoms with Crippen LogP contribution in [-0.2, 0) is 0 Å². The zero-order valence-corrected chi connectivity index (χ0v) is 9.43. The molecule has 2 heteroatoms. The number of hydrogen-bond acceptors (Lipinski definition) is 2. The van der Waals surface area contributed by atoms with Crippen molar-refractivity contribution in [2.45, 2.75) is 31.1 Å². The van der Waals surface area contributed by atoms with Crippen molar-refractivity contribution in [1.82, 2.24) is 5.32 Å². The SMILES string of the molecule is CC(S)c1cccc(C2CCCN2)c1. The molecule has 1 N–H and O–H groups in total. The summed E-state index contributed by atoms with van der Waals surface area (Å²) in [5.74, 6) is 0. The van der Waals surface area contributed by atoms with Crippen LogP contribution in [0.3, 0.4) is 0 Å².